The van der Waals surface area contributed by atoms with E-state index in [2.05, 4.69) is 16.4 Å². The predicted molar refractivity (Wildman–Crippen MR) is 66.5 cm³/mol. The van der Waals surface area contributed by atoms with Crippen LogP contribution in [0.3, 0.4) is 0 Å². The molecule has 0 aliphatic heterocycles. The van der Waals surface area contributed by atoms with Gasteiger partial charge in [0.1, 0.15) is 0 Å². The molecule has 0 radical (unpaired) electrons. The molecular formula is C12H14ClN3O. The van der Waals surface area contributed by atoms with Crippen molar-refractivity contribution in [3.8, 4) is 5.69 Å². The third-order valence-corrected chi connectivity index (χ3v) is 2.83. The fraction of sp³-hybridized carbons (Fsp3) is 0.333. The summed E-state index contributed by atoms with van der Waals surface area (Å²) in [5.74, 6) is 0.394. The summed E-state index contributed by atoms with van der Waals surface area (Å²) < 4.78 is 6.88. The SMILES string of the molecule is COCCc1ccccc1-n1nncc1CCl. The Kier molecular flexibility index (Phi) is 4.12. The molecule has 4 nitrogen and oxygen atoms in total. The maximum absolute atomic E-state index is 5.85. The minimum atomic E-state index is 0.394. The molecule has 0 N–H and O–H groups in total. The number of aromatic nitrogens is 3. The van der Waals surface area contributed by atoms with Crippen molar-refractivity contribution >= 4 is 11.6 Å². The molecule has 0 unspecified atom stereocenters. The summed E-state index contributed by atoms with van der Waals surface area (Å²) >= 11 is 5.85. The van der Waals surface area contributed by atoms with E-state index in [1.54, 1.807) is 18.0 Å². The van der Waals surface area contributed by atoms with Crippen LogP contribution in [0, 0.1) is 0 Å². The maximum atomic E-state index is 5.85. The molecule has 1 aromatic heterocycles. The molecule has 90 valence electrons. The summed E-state index contributed by atoms with van der Waals surface area (Å²) in [6.45, 7) is 0.682. The van der Waals surface area contributed by atoms with Crippen molar-refractivity contribution in [2.24, 2.45) is 0 Å². The van der Waals surface area contributed by atoms with Crippen LogP contribution in [0.25, 0.3) is 5.69 Å². The lowest BCUT2D eigenvalue weighted by Gasteiger charge is -2.10. The molecule has 17 heavy (non-hydrogen) atoms. The molecule has 0 aliphatic carbocycles. The van der Waals surface area contributed by atoms with Crippen LogP contribution in [0.15, 0.2) is 30.5 Å². The predicted octanol–water partition coefficient (Wildman–Crippen LogP) is 2.20. The van der Waals surface area contributed by atoms with Crippen LogP contribution in [-0.4, -0.2) is 28.7 Å². The van der Waals surface area contributed by atoms with Crippen molar-refractivity contribution in [3.05, 3.63) is 41.7 Å². The van der Waals surface area contributed by atoms with Crippen molar-refractivity contribution in [3.63, 3.8) is 0 Å². The monoisotopic (exact) mass is 251 g/mol. The average Bonchev–Trinajstić information content (AvgIpc) is 2.84. The third kappa shape index (κ3) is 2.65. The second kappa shape index (κ2) is 5.80. The molecule has 0 aliphatic rings. The Morgan fingerprint density at radius 3 is 2.94 bits per heavy atom. The van der Waals surface area contributed by atoms with Crippen LogP contribution in [0.5, 0.6) is 0 Å². The molecule has 5 heteroatoms. The Morgan fingerprint density at radius 2 is 2.18 bits per heavy atom. The Balaban J connectivity index is 2.37. The van der Waals surface area contributed by atoms with Gasteiger partial charge in [0.05, 0.1) is 30.1 Å². The topological polar surface area (TPSA) is 39.9 Å². The van der Waals surface area contributed by atoms with Gasteiger partial charge in [0, 0.05) is 7.11 Å². The van der Waals surface area contributed by atoms with E-state index in [1.165, 1.54) is 5.56 Å². The number of para-hydroxylation sites is 1. The van der Waals surface area contributed by atoms with E-state index in [0.29, 0.717) is 12.5 Å². The number of hydrogen-bond donors (Lipinski definition) is 0. The van der Waals surface area contributed by atoms with E-state index in [4.69, 9.17) is 16.3 Å². The summed E-state index contributed by atoms with van der Waals surface area (Å²) in [7, 11) is 1.70. The molecule has 0 saturated heterocycles. The van der Waals surface area contributed by atoms with Gasteiger partial charge in [-0.05, 0) is 18.1 Å². The highest BCUT2D eigenvalue weighted by Gasteiger charge is 2.09. The van der Waals surface area contributed by atoms with Crippen molar-refractivity contribution < 1.29 is 4.74 Å². The number of ether oxygens (including phenoxy) is 1. The Labute approximate surface area is 105 Å². The highest BCUT2D eigenvalue weighted by atomic mass is 35.5. The van der Waals surface area contributed by atoms with Gasteiger partial charge in [-0.3, -0.25) is 0 Å². The van der Waals surface area contributed by atoms with Gasteiger partial charge in [0.25, 0.3) is 0 Å². The van der Waals surface area contributed by atoms with E-state index in [0.717, 1.165) is 17.8 Å². The minimum absolute atomic E-state index is 0.394. The molecule has 1 heterocycles. The van der Waals surface area contributed by atoms with Crippen LogP contribution < -0.4 is 0 Å². The quantitative estimate of drug-likeness (QED) is 0.765. The first-order valence-corrected chi connectivity index (χ1v) is 5.93. The van der Waals surface area contributed by atoms with Gasteiger partial charge < -0.3 is 4.74 Å². The zero-order valence-electron chi connectivity index (χ0n) is 9.64. The van der Waals surface area contributed by atoms with Crippen molar-refractivity contribution in [2.75, 3.05) is 13.7 Å². The van der Waals surface area contributed by atoms with Crippen LogP contribution in [0.1, 0.15) is 11.3 Å². The summed E-state index contributed by atoms with van der Waals surface area (Å²) in [5.41, 5.74) is 3.07. The fourth-order valence-corrected chi connectivity index (χ4v) is 1.87. The second-order valence-electron chi connectivity index (χ2n) is 3.64. The van der Waals surface area contributed by atoms with E-state index >= 15 is 0 Å². The molecule has 0 atom stereocenters. The molecule has 2 aromatic rings. The van der Waals surface area contributed by atoms with E-state index in [9.17, 15) is 0 Å². The van der Waals surface area contributed by atoms with Crippen LogP contribution in [0.4, 0.5) is 0 Å². The second-order valence-corrected chi connectivity index (χ2v) is 3.91. The highest BCUT2D eigenvalue weighted by Crippen LogP contribution is 2.16. The molecule has 0 saturated carbocycles. The van der Waals surface area contributed by atoms with Crippen LogP contribution in [-0.2, 0) is 17.0 Å². The smallest absolute Gasteiger partial charge is 0.0793 e. The van der Waals surface area contributed by atoms with E-state index in [1.807, 2.05) is 18.2 Å². The van der Waals surface area contributed by atoms with Crippen molar-refractivity contribution in [2.45, 2.75) is 12.3 Å². The first-order valence-electron chi connectivity index (χ1n) is 5.39. The Bertz CT molecular complexity index is 484. The Hall–Kier alpha value is -1.39. The molecule has 0 fully saturated rings. The number of benzene rings is 1. The van der Waals surface area contributed by atoms with Gasteiger partial charge >= 0.3 is 0 Å². The zero-order chi connectivity index (χ0) is 12.1. The van der Waals surface area contributed by atoms with Gasteiger partial charge in [-0.15, -0.1) is 16.7 Å². The van der Waals surface area contributed by atoms with Crippen LogP contribution >= 0.6 is 11.6 Å². The number of rotatable bonds is 5. The van der Waals surface area contributed by atoms with Crippen molar-refractivity contribution in [1.29, 1.82) is 0 Å². The lowest BCUT2D eigenvalue weighted by Crippen LogP contribution is -2.06. The van der Waals surface area contributed by atoms with E-state index < -0.39 is 0 Å². The number of halogens is 1. The minimum Gasteiger partial charge on any atom is -0.384 e. The summed E-state index contributed by atoms with van der Waals surface area (Å²) in [6.07, 6.45) is 2.52. The standard InChI is InChI=1S/C12H14ClN3O/c1-17-7-6-10-4-2-3-5-12(10)16-11(8-13)9-14-15-16/h2-5,9H,6-8H2,1H3. The normalized spacial score (nSPS) is 10.7. The zero-order valence-corrected chi connectivity index (χ0v) is 10.4. The molecule has 0 bridgehead atoms. The summed E-state index contributed by atoms with van der Waals surface area (Å²) in [5, 5.41) is 7.96. The first kappa shape index (κ1) is 12.1. The summed E-state index contributed by atoms with van der Waals surface area (Å²) in [4.78, 5) is 0. The summed E-state index contributed by atoms with van der Waals surface area (Å²) in [6, 6.07) is 8.06. The molecule has 1 aromatic carbocycles. The van der Waals surface area contributed by atoms with Crippen molar-refractivity contribution in [1.82, 2.24) is 15.0 Å². The van der Waals surface area contributed by atoms with Crippen LogP contribution in [0.2, 0.25) is 0 Å². The third-order valence-electron chi connectivity index (χ3n) is 2.55. The average molecular weight is 252 g/mol. The largest absolute Gasteiger partial charge is 0.384 e. The first-order chi connectivity index (χ1) is 8.36. The van der Waals surface area contributed by atoms with Gasteiger partial charge in [0.15, 0.2) is 0 Å². The maximum Gasteiger partial charge on any atom is 0.0793 e. The lowest BCUT2D eigenvalue weighted by atomic mass is 10.1. The molecular weight excluding hydrogens is 238 g/mol. The molecule has 0 spiro atoms. The molecule has 2 rings (SSSR count). The fourth-order valence-electron chi connectivity index (χ4n) is 1.69. The Morgan fingerprint density at radius 1 is 1.35 bits per heavy atom. The lowest BCUT2D eigenvalue weighted by molar-refractivity contribution is 0.202. The number of alkyl halides is 1. The van der Waals surface area contributed by atoms with Gasteiger partial charge in [-0.1, -0.05) is 23.4 Å². The number of methoxy groups -OCH3 is 1. The molecule has 0 amide bonds. The number of hydrogen-bond acceptors (Lipinski definition) is 3. The van der Waals surface area contributed by atoms with E-state index in [-0.39, 0.29) is 0 Å². The highest BCUT2D eigenvalue weighted by molar-refractivity contribution is 6.16. The van der Waals surface area contributed by atoms with Gasteiger partial charge in [-0.25, -0.2) is 4.68 Å². The van der Waals surface area contributed by atoms with Gasteiger partial charge in [-0.2, -0.15) is 0 Å². The van der Waals surface area contributed by atoms with Gasteiger partial charge in [0.2, 0.25) is 0 Å². The number of nitrogens with zero attached hydrogens (tertiary/aromatic N) is 3.